The summed E-state index contributed by atoms with van der Waals surface area (Å²) in [5.74, 6) is -5.62. The van der Waals surface area contributed by atoms with E-state index in [1.807, 2.05) is 0 Å². The number of benzene rings is 1. The predicted molar refractivity (Wildman–Crippen MR) is 82.7 cm³/mol. The van der Waals surface area contributed by atoms with Crippen molar-refractivity contribution < 1.29 is 31.2 Å². The molecule has 2 amide bonds. The molecule has 2 rings (SSSR count). The summed E-state index contributed by atoms with van der Waals surface area (Å²) >= 11 is 0. The monoisotopic (exact) mass is 379 g/mol. The summed E-state index contributed by atoms with van der Waals surface area (Å²) in [4.78, 5) is 25.7. The minimum Gasteiger partial charge on any atom is -0.342 e. The maximum atomic E-state index is 13.9. The number of hydrogen-bond donors (Lipinski definition) is 0. The summed E-state index contributed by atoms with van der Waals surface area (Å²) in [6.45, 7) is 0.189. The molecule has 7 nitrogen and oxygen atoms in total. The minimum absolute atomic E-state index is 0.190. The smallest absolute Gasteiger partial charge is 0.243 e. The number of carbonyl (C=O) groups is 2. The zero-order valence-corrected chi connectivity index (χ0v) is 14.1. The Morgan fingerprint density at radius 2 is 1.76 bits per heavy atom. The van der Waals surface area contributed by atoms with Crippen LogP contribution in [0, 0.1) is 17.5 Å². The SMILES string of the molecule is CS(=O)(=O)N(CC(=O)N1CCN(C=O)CC1)c1ccc(F)c(F)c1F. The third kappa shape index (κ3) is 4.21. The van der Waals surface area contributed by atoms with Crippen molar-refractivity contribution in [1.29, 1.82) is 0 Å². The maximum Gasteiger partial charge on any atom is 0.243 e. The molecule has 1 aromatic rings. The van der Waals surface area contributed by atoms with Crippen molar-refractivity contribution in [2.45, 2.75) is 0 Å². The summed E-state index contributed by atoms with van der Waals surface area (Å²) in [5, 5.41) is 0. The zero-order valence-electron chi connectivity index (χ0n) is 13.3. The van der Waals surface area contributed by atoms with E-state index in [9.17, 15) is 31.2 Å². The van der Waals surface area contributed by atoms with Crippen molar-refractivity contribution >= 4 is 28.0 Å². The molecule has 1 aliphatic heterocycles. The Morgan fingerprint density at radius 3 is 2.28 bits per heavy atom. The van der Waals surface area contributed by atoms with Gasteiger partial charge in [-0.25, -0.2) is 21.6 Å². The molecular formula is C14H16F3N3O4S. The fraction of sp³-hybridized carbons (Fsp3) is 0.429. The van der Waals surface area contributed by atoms with E-state index in [1.165, 1.54) is 9.80 Å². The fourth-order valence-electron chi connectivity index (χ4n) is 2.39. The first kappa shape index (κ1) is 19.0. The highest BCUT2D eigenvalue weighted by Crippen LogP contribution is 2.25. The number of sulfonamides is 1. The van der Waals surface area contributed by atoms with Gasteiger partial charge in [-0.05, 0) is 12.1 Å². The van der Waals surface area contributed by atoms with Crippen molar-refractivity contribution in [1.82, 2.24) is 9.80 Å². The lowest BCUT2D eigenvalue weighted by Gasteiger charge is -2.34. The van der Waals surface area contributed by atoms with E-state index in [1.54, 1.807) is 0 Å². The van der Waals surface area contributed by atoms with Gasteiger partial charge in [0.25, 0.3) is 0 Å². The highest BCUT2D eigenvalue weighted by Gasteiger charge is 2.29. The van der Waals surface area contributed by atoms with Crippen LogP contribution in [-0.4, -0.2) is 69.5 Å². The Kier molecular flexibility index (Phi) is 5.55. The zero-order chi connectivity index (χ0) is 18.8. The first-order chi connectivity index (χ1) is 11.6. The number of carbonyl (C=O) groups excluding carboxylic acids is 2. The molecule has 0 aromatic heterocycles. The Hall–Kier alpha value is -2.30. The van der Waals surface area contributed by atoms with E-state index in [0.29, 0.717) is 16.8 Å². The van der Waals surface area contributed by atoms with Gasteiger partial charge in [0, 0.05) is 26.2 Å². The highest BCUT2D eigenvalue weighted by atomic mass is 32.2. The average Bonchev–Trinajstić information content (AvgIpc) is 2.57. The molecule has 11 heteroatoms. The third-order valence-corrected chi connectivity index (χ3v) is 4.91. The third-order valence-electron chi connectivity index (χ3n) is 3.78. The van der Waals surface area contributed by atoms with E-state index in [4.69, 9.17) is 0 Å². The van der Waals surface area contributed by atoms with Crippen LogP contribution < -0.4 is 4.31 Å². The largest absolute Gasteiger partial charge is 0.342 e. The van der Waals surface area contributed by atoms with Gasteiger partial charge in [-0.1, -0.05) is 0 Å². The number of halogens is 3. The molecule has 0 N–H and O–H groups in total. The van der Waals surface area contributed by atoms with Crippen LogP contribution in [0.2, 0.25) is 0 Å². The lowest BCUT2D eigenvalue weighted by atomic mass is 10.2. The summed E-state index contributed by atoms with van der Waals surface area (Å²) in [7, 11) is -4.13. The number of anilines is 1. The molecular weight excluding hydrogens is 363 g/mol. The highest BCUT2D eigenvalue weighted by molar-refractivity contribution is 7.92. The first-order valence-electron chi connectivity index (χ1n) is 7.23. The Bertz CT molecular complexity index is 780. The van der Waals surface area contributed by atoms with Gasteiger partial charge in [0.05, 0.1) is 11.9 Å². The van der Waals surface area contributed by atoms with Crippen LogP contribution in [-0.2, 0) is 19.6 Å². The summed E-state index contributed by atoms with van der Waals surface area (Å²) in [5.41, 5.74) is -0.749. The lowest BCUT2D eigenvalue weighted by Crippen LogP contribution is -2.51. The molecule has 1 aromatic carbocycles. The normalized spacial score (nSPS) is 15.2. The number of piperazine rings is 1. The molecule has 1 heterocycles. The van der Waals surface area contributed by atoms with Crippen molar-refractivity contribution in [3.8, 4) is 0 Å². The Morgan fingerprint density at radius 1 is 1.16 bits per heavy atom. The van der Waals surface area contributed by atoms with Gasteiger partial charge in [0.1, 0.15) is 6.54 Å². The second-order valence-corrected chi connectivity index (χ2v) is 7.39. The molecule has 138 valence electrons. The topological polar surface area (TPSA) is 78.0 Å². The summed E-state index contributed by atoms with van der Waals surface area (Å²) in [6.07, 6.45) is 1.37. The van der Waals surface area contributed by atoms with Gasteiger partial charge in [0.2, 0.25) is 22.3 Å². The molecule has 0 unspecified atom stereocenters. The average molecular weight is 379 g/mol. The van der Waals surface area contributed by atoms with Gasteiger partial charge < -0.3 is 9.80 Å². The molecule has 0 radical (unpaired) electrons. The first-order valence-corrected chi connectivity index (χ1v) is 9.08. The molecule has 0 aliphatic carbocycles. The summed E-state index contributed by atoms with van der Waals surface area (Å²) < 4.78 is 64.6. The molecule has 1 saturated heterocycles. The Balaban J connectivity index is 2.24. The molecule has 0 spiro atoms. The van der Waals surface area contributed by atoms with Crippen molar-refractivity contribution in [3.05, 3.63) is 29.6 Å². The van der Waals surface area contributed by atoms with E-state index in [0.717, 1.165) is 12.3 Å². The molecule has 0 atom stereocenters. The van der Waals surface area contributed by atoms with Crippen LogP contribution >= 0.6 is 0 Å². The fourth-order valence-corrected chi connectivity index (χ4v) is 3.23. The van der Waals surface area contributed by atoms with Crippen molar-refractivity contribution in [3.63, 3.8) is 0 Å². The molecule has 1 fully saturated rings. The minimum atomic E-state index is -4.13. The molecule has 1 aliphatic rings. The standard InChI is InChI=1S/C14H16F3N3O4S/c1-25(23,24)20(11-3-2-10(15)13(16)14(11)17)8-12(22)19-6-4-18(9-21)5-7-19/h2-3,9H,4-8H2,1H3. The quantitative estimate of drug-likeness (QED) is 0.540. The number of amides is 2. The van der Waals surface area contributed by atoms with E-state index < -0.39 is 45.6 Å². The van der Waals surface area contributed by atoms with Crippen LogP contribution in [0.4, 0.5) is 18.9 Å². The van der Waals surface area contributed by atoms with Crippen LogP contribution in [0.1, 0.15) is 0 Å². The number of hydrogen-bond acceptors (Lipinski definition) is 4. The molecule has 0 saturated carbocycles. The second-order valence-electron chi connectivity index (χ2n) is 5.49. The Labute approximate surface area is 142 Å². The molecule has 0 bridgehead atoms. The number of nitrogens with zero attached hydrogens (tertiary/aromatic N) is 3. The van der Waals surface area contributed by atoms with Crippen LogP contribution in [0.15, 0.2) is 12.1 Å². The van der Waals surface area contributed by atoms with Crippen LogP contribution in [0.25, 0.3) is 0 Å². The van der Waals surface area contributed by atoms with E-state index in [2.05, 4.69) is 0 Å². The van der Waals surface area contributed by atoms with Crippen LogP contribution in [0.3, 0.4) is 0 Å². The summed E-state index contributed by atoms with van der Waals surface area (Å²) in [6, 6.07) is 1.34. The molecule has 25 heavy (non-hydrogen) atoms. The predicted octanol–water partition coefficient (Wildman–Crippen LogP) is 0.171. The van der Waals surface area contributed by atoms with Gasteiger partial charge in [0.15, 0.2) is 17.5 Å². The van der Waals surface area contributed by atoms with Gasteiger partial charge >= 0.3 is 0 Å². The number of rotatable bonds is 5. The second kappa shape index (κ2) is 7.30. The van der Waals surface area contributed by atoms with E-state index in [-0.39, 0.29) is 26.2 Å². The maximum absolute atomic E-state index is 13.9. The van der Waals surface area contributed by atoms with E-state index >= 15 is 0 Å². The van der Waals surface area contributed by atoms with Crippen molar-refractivity contribution in [2.24, 2.45) is 0 Å². The van der Waals surface area contributed by atoms with Gasteiger partial charge in [-0.3, -0.25) is 13.9 Å². The van der Waals surface area contributed by atoms with Gasteiger partial charge in [-0.2, -0.15) is 0 Å². The van der Waals surface area contributed by atoms with Crippen LogP contribution in [0.5, 0.6) is 0 Å². The lowest BCUT2D eigenvalue weighted by molar-refractivity contribution is -0.133. The van der Waals surface area contributed by atoms with Crippen molar-refractivity contribution in [2.75, 3.05) is 43.3 Å². The van der Waals surface area contributed by atoms with Gasteiger partial charge in [-0.15, -0.1) is 0 Å².